The largest absolute Gasteiger partial charge is 0.497 e. The number of amides is 1. The zero-order valence-electron chi connectivity index (χ0n) is 16.8. The zero-order chi connectivity index (χ0) is 20.8. The highest BCUT2D eigenvalue weighted by molar-refractivity contribution is 6.02. The highest BCUT2D eigenvalue weighted by Crippen LogP contribution is 2.40. The van der Waals surface area contributed by atoms with Crippen LogP contribution in [0.2, 0.25) is 0 Å². The van der Waals surface area contributed by atoms with Crippen molar-refractivity contribution >= 4 is 17.1 Å². The van der Waals surface area contributed by atoms with Gasteiger partial charge in [0.2, 0.25) is 0 Å². The van der Waals surface area contributed by atoms with E-state index in [1.165, 1.54) is 6.20 Å². The van der Waals surface area contributed by atoms with Crippen molar-refractivity contribution in [3.8, 4) is 16.9 Å². The summed E-state index contributed by atoms with van der Waals surface area (Å²) in [7, 11) is 1.64. The van der Waals surface area contributed by atoms with Gasteiger partial charge in [0.15, 0.2) is 0 Å². The van der Waals surface area contributed by atoms with E-state index in [0.717, 1.165) is 22.4 Å². The first kappa shape index (κ1) is 19.3. The van der Waals surface area contributed by atoms with E-state index in [1.807, 2.05) is 36.5 Å². The Morgan fingerprint density at radius 2 is 2.03 bits per heavy atom. The second-order valence-corrected chi connectivity index (χ2v) is 8.36. The first-order valence-electron chi connectivity index (χ1n) is 9.69. The van der Waals surface area contributed by atoms with Crippen molar-refractivity contribution in [3.05, 3.63) is 48.3 Å². The first-order valence-corrected chi connectivity index (χ1v) is 9.69. The maximum Gasteiger partial charge on any atom is 0.252 e. The van der Waals surface area contributed by atoms with Crippen LogP contribution < -0.4 is 15.8 Å². The van der Waals surface area contributed by atoms with E-state index in [2.05, 4.69) is 24.3 Å². The average molecular weight is 394 g/mol. The van der Waals surface area contributed by atoms with Gasteiger partial charge in [-0.15, -0.1) is 0 Å². The van der Waals surface area contributed by atoms with E-state index in [4.69, 9.17) is 10.5 Å². The van der Waals surface area contributed by atoms with Crippen molar-refractivity contribution in [1.82, 2.24) is 9.61 Å². The van der Waals surface area contributed by atoms with Crippen LogP contribution in [0.5, 0.6) is 5.75 Å². The SMILES string of the molecule is COc1ccc(-c2cc3c(N[C@@H]4C[C@@H](O)CC4(C)C)c(C(N)=O)cnn3c2)cc1. The molecule has 1 aromatic carbocycles. The quantitative estimate of drug-likeness (QED) is 0.617. The van der Waals surface area contributed by atoms with Crippen LogP contribution in [0.25, 0.3) is 16.6 Å². The summed E-state index contributed by atoms with van der Waals surface area (Å²) >= 11 is 0. The molecule has 2 aromatic heterocycles. The fraction of sp³-hybridized carbons (Fsp3) is 0.364. The van der Waals surface area contributed by atoms with E-state index >= 15 is 0 Å². The monoisotopic (exact) mass is 394 g/mol. The Bertz CT molecular complexity index is 1060. The topological polar surface area (TPSA) is 102 Å². The van der Waals surface area contributed by atoms with Gasteiger partial charge in [0.25, 0.3) is 5.91 Å². The van der Waals surface area contributed by atoms with E-state index in [0.29, 0.717) is 24.1 Å². The Kier molecular flexibility index (Phi) is 4.70. The Morgan fingerprint density at radius 3 is 2.62 bits per heavy atom. The standard InChI is InChI=1S/C22H26N4O3/c1-22(2)10-15(27)9-19(22)25-20-17(21(23)28)11-24-26-12-14(8-18(20)26)13-4-6-16(29-3)7-5-13/h4-8,11-12,15,19,25,27H,9-10H2,1-3H3,(H2,23,28)/t15-,19-/m1/s1. The van der Waals surface area contributed by atoms with Crippen molar-refractivity contribution < 1.29 is 14.6 Å². The second-order valence-electron chi connectivity index (χ2n) is 8.36. The molecule has 3 aromatic rings. The number of carbonyl (C=O) groups is 1. The molecule has 0 spiro atoms. The van der Waals surface area contributed by atoms with Gasteiger partial charge in [0.05, 0.1) is 36.2 Å². The second kappa shape index (κ2) is 7.08. The molecular weight excluding hydrogens is 368 g/mol. The summed E-state index contributed by atoms with van der Waals surface area (Å²) in [6.07, 6.45) is 4.37. The summed E-state index contributed by atoms with van der Waals surface area (Å²) in [5.41, 5.74) is 9.27. The molecule has 0 radical (unpaired) electrons. The van der Waals surface area contributed by atoms with Crippen LogP contribution in [0.1, 0.15) is 37.0 Å². The number of carbonyl (C=O) groups excluding carboxylic acids is 1. The molecule has 152 valence electrons. The molecule has 2 heterocycles. The molecule has 0 aliphatic heterocycles. The Morgan fingerprint density at radius 1 is 1.31 bits per heavy atom. The molecule has 2 atom stereocenters. The number of rotatable bonds is 5. The highest BCUT2D eigenvalue weighted by Gasteiger charge is 2.40. The molecule has 0 bridgehead atoms. The fourth-order valence-corrected chi connectivity index (χ4v) is 4.19. The molecule has 1 saturated carbocycles. The number of nitrogens with zero attached hydrogens (tertiary/aromatic N) is 2. The summed E-state index contributed by atoms with van der Waals surface area (Å²) < 4.78 is 6.97. The smallest absolute Gasteiger partial charge is 0.252 e. The van der Waals surface area contributed by atoms with Crippen molar-refractivity contribution in [2.24, 2.45) is 11.1 Å². The van der Waals surface area contributed by atoms with Crippen LogP contribution in [0, 0.1) is 5.41 Å². The number of aliphatic hydroxyl groups excluding tert-OH is 1. The number of nitrogens with one attached hydrogen (secondary N) is 1. The van der Waals surface area contributed by atoms with Crippen molar-refractivity contribution in [3.63, 3.8) is 0 Å². The van der Waals surface area contributed by atoms with Gasteiger partial charge in [0.1, 0.15) is 5.75 Å². The van der Waals surface area contributed by atoms with Crippen LogP contribution in [0.4, 0.5) is 5.69 Å². The Labute approximate surface area is 169 Å². The van der Waals surface area contributed by atoms with Gasteiger partial charge < -0.3 is 20.9 Å². The minimum atomic E-state index is -0.536. The molecule has 1 fully saturated rings. The van der Waals surface area contributed by atoms with Crippen LogP contribution in [0.3, 0.4) is 0 Å². The fourth-order valence-electron chi connectivity index (χ4n) is 4.19. The number of aromatic nitrogens is 2. The normalized spacial score (nSPS) is 20.7. The van der Waals surface area contributed by atoms with Gasteiger partial charge in [-0.1, -0.05) is 26.0 Å². The molecule has 1 amide bonds. The van der Waals surface area contributed by atoms with Gasteiger partial charge in [-0.3, -0.25) is 4.79 Å². The number of hydrogen-bond acceptors (Lipinski definition) is 5. The Hall–Kier alpha value is -3.06. The van der Waals surface area contributed by atoms with Gasteiger partial charge in [0, 0.05) is 17.8 Å². The van der Waals surface area contributed by atoms with E-state index in [-0.39, 0.29) is 17.6 Å². The number of fused-ring (bicyclic) bond motifs is 1. The summed E-state index contributed by atoms with van der Waals surface area (Å²) in [4.78, 5) is 12.1. The van der Waals surface area contributed by atoms with Crippen LogP contribution in [-0.2, 0) is 0 Å². The molecule has 7 nitrogen and oxygen atoms in total. The predicted molar refractivity (Wildman–Crippen MR) is 112 cm³/mol. The van der Waals surface area contributed by atoms with E-state index in [9.17, 15) is 9.90 Å². The van der Waals surface area contributed by atoms with Crippen LogP contribution in [-0.4, -0.2) is 39.9 Å². The van der Waals surface area contributed by atoms with Crippen molar-refractivity contribution in [2.45, 2.75) is 38.8 Å². The molecule has 0 unspecified atom stereocenters. The number of nitrogens with two attached hydrogens (primary N) is 1. The lowest BCUT2D eigenvalue weighted by molar-refractivity contribution is 0.100. The van der Waals surface area contributed by atoms with Crippen molar-refractivity contribution in [1.29, 1.82) is 0 Å². The van der Waals surface area contributed by atoms with E-state index in [1.54, 1.807) is 11.6 Å². The summed E-state index contributed by atoms with van der Waals surface area (Å²) in [5, 5.41) is 18.0. The minimum absolute atomic E-state index is 0.0149. The molecule has 1 aliphatic rings. The number of hydrogen-bond donors (Lipinski definition) is 3. The minimum Gasteiger partial charge on any atom is -0.497 e. The number of ether oxygens (including phenoxy) is 1. The number of primary amides is 1. The summed E-state index contributed by atoms with van der Waals surface area (Å²) in [5.74, 6) is 0.252. The van der Waals surface area contributed by atoms with Gasteiger partial charge in [-0.05, 0) is 42.0 Å². The number of methoxy groups -OCH3 is 1. The highest BCUT2D eigenvalue weighted by atomic mass is 16.5. The lowest BCUT2D eigenvalue weighted by atomic mass is 9.87. The molecule has 0 saturated heterocycles. The Balaban J connectivity index is 1.79. The predicted octanol–water partition coefficient (Wildman–Crippen LogP) is 3.07. The molecule has 29 heavy (non-hydrogen) atoms. The average Bonchev–Trinajstić information content (AvgIpc) is 3.22. The molecule has 4 rings (SSSR count). The molecule has 4 N–H and O–H groups in total. The summed E-state index contributed by atoms with van der Waals surface area (Å²) in [6.45, 7) is 4.23. The van der Waals surface area contributed by atoms with Crippen LogP contribution >= 0.6 is 0 Å². The number of benzene rings is 1. The third kappa shape index (κ3) is 3.53. The van der Waals surface area contributed by atoms with Gasteiger partial charge >= 0.3 is 0 Å². The summed E-state index contributed by atoms with van der Waals surface area (Å²) in [6, 6.07) is 9.77. The zero-order valence-corrected chi connectivity index (χ0v) is 16.8. The van der Waals surface area contributed by atoms with Gasteiger partial charge in [-0.2, -0.15) is 5.10 Å². The van der Waals surface area contributed by atoms with Crippen LogP contribution in [0.15, 0.2) is 42.7 Å². The first-order chi connectivity index (χ1) is 13.8. The lowest BCUT2D eigenvalue weighted by Crippen LogP contribution is -2.32. The maximum absolute atomic E-state index is 12.1. The number of aliphatic hydroxyl groups is 1. The third-order valence-corrected chi connectivity index (χ3v) is 5.86. The third-order valence-electron chi connectivity index (χ3n) is 5.86. The van der Waals surface area contributed by atoms with Gasteiger partial charge in [-0.25, -0.2) is 4.52 Å². The number of anilines is 1. The molecule has 7 heteroatoms. The lowest BCUT2D eigenvalue weighted by Gasteiger charge is -2.29. The van der Waals surface area contributed by atoms with E-state index < -0.39 is 5.91 Å². The van der Waals surface area contributed by atoms with Crippen molar-refractivity contribution in [2.75, 3.05) is 12.4 Å². The maximum atomic E-state index is 12.1. The molecule has 1 aliphatic carbocycles. The molecular formula is C22H26N4O3.